The van der Waals surface area contributed by atoms with Gasteiger partial charge in [0.1, 0.15) is 11.4 Å². The lowest BCUT2D eigenvalue weighted by Gasteiger charge is -2.10. The summed E-state index contributed by atoms with van der Waals surface area (Å²) in [4.78, 5) is 12.0. The van der Waals surface area contributed by atoms with Crippen LogP contribution in [0, 0.1) is 6.92 Å². The summed E-state index contributed by atoms with van der Waals surface area (Å²) in [5.41, 5.74) is 1.48. The maximum Gasteiger partial charge on any atom is 0.359 e. The molecule has 0 fully saturated rings. The molecule has 0 saturated heterocycles. The number of para-hydroxylation sites is 2. The normalized spacial score (nSPS) is 10.3. The lowest BCUT2D eigenvalue weighted by molar-refractivity contribution is 0.0515. The van der Waals surface area contributed by atoms with Crippen LogP contribution < -0.4 is 4.74 Å². The number of ether oxygens (including phenoxy) is 2. The highest BCUT2D eigenvalue weighted by Crippen LogP contribution is 2.23. The molecule has 0 amide bonds. The number of rotatable bonds is 4. The number of carbonyl (C=O) groups excluding carboxylic acids is 1. The average molecular weight is 261 g/mol. The molecule has 0 aliphatic carbocycles. The Morgan fingerprint density at radius 1 is 1.37 bits per heavy atom. The van der Waals surface area contributed by atoms with Crippen molar-refractivity contribution < 1.29 is 14.3 Å². The molecular weight excluding hydrogens is 246 g/mol. The molecule has 0 aliphatic rings. The Balaban J connectivity index is 2.54. The number of hydrogen-bond donors (Lipinski definition) is 0. The molecule has 2 rings (SSSR count). The molecule has 0 aliphatic heterocycles. The van der Waals surface area contributed by atoms with Crippen molar-refractivity contribution in [2.75, 3.05) is 13.7 Å². The van der Waals surface area contributed by atoms with Crippen LogP contribution >= 0.6 is 0 Å². The number of aryl methyl sites for hydroxylation is 1. The molecule has 0 N–H and O–H groups in total. The number of aromatic nitrogens is 3. The SMILES string of the molecule is CCOC(=O)c1c(C)nnn1-c1ccccc1OC. The van der Waals surface area contributed by atoms with Crippen molar-refractivity contribution in [3.8, 4) is 11.4 Å². The molecule has 19 heavy (non-hydrogen) atoms. The largest absolute Gasteiger partial charge is 0.494 e. The highest BCUT2D eigenvalue weighted by atomic mass is 16.5. The second kappa shape index (κ2) is 5.51. The number of benzene rings is 1. The third kappa shape index (κ3) is 2.42. The van der Waals surface area contributed by atoms with Gasteiger partial charge in [0.25, 0.3) is 0 Å². The topological polar surface area (TPSA) is 66.2 Å². The first-order valence-electron chi connectivity index (χ1n) is 5.91. The first-order chi connectivity index (χ1) is 9.19. The third-order valence-electron chi connectivity index (χ3n) is 2.62. The Morgan fingerprint density at radius 3 is 2.79 bits per heavy atom. The Kier molecular flexibility index (Phi) is 3.79. The van der Waals surface area contributed by atoms with Crippen molar-refractivity contribution in [1.82, 2.24) is 15.0 Å². The van der Waals surface area contributed by atoms with Gasteiger partial charge >= 0.3 is 5.97 Å². The monoisotopic (exact) mass is 261 g/mol. The fourth-order valence-electron chi connectivity index (χ4n) is 1.76. The van der Waals surface area contributed by atoms with Gasteiger partial charge in [0.2, 0.25) is 0 Å². The first-order valence-corrected chi connectivity index (χ1v) is 5.91. The summed E-state index contributed by atoms with van der Waals surface area (Å²) in [6, 6.07) is 7.27. The van der Waals surface area contributed by atoms with Crippen LogP contribution in [0.4, 0.5) is 0 Å². The number of carbonyl (C=O) groups is 1. The number of nitrogens with zero attached hydrogens (tertiary/aromatic N) is 3. The van der Waals surface area contributed by atoms with Crippen LogP contribution in [-0.2, 0) is 4.74 Å². The molecule has 6 heteroatoms. The zero-order valence-electron chi connectivity index (χ0n) is 11.1. The van der Waals surface area contributed by atoms with E-state index in [9.17, 15) is 4.79 Å². The molecule has 100 valence electrons. The summed E-state index contributed by atoms with van der Waals surface area (Å²) in [5.74, 6) is 0.161. The van der Waals surface area contributed by atoms with Crippen molar-refractivity contribution in [3.05, 3.63) is 35.7 Å². The molecule has 0 atom stereocenters. The van der Waals surface area contributed by atoms with Gasteiger partial charge in [0.15, 0.2) is 5.69 Å². The molecule has 1 heterocycles. The van der Waals surface area contributed by atoms with Crippen LogP contribution in [0.2, 0.25) is 0 Å². The van der Waals surface area contributed by atoms with Crippen LogP contribution in [0.5, 0.6) is 5.75 Å². The third-order valence-corrected chi connectivity index (χ3v) is 2.62. The molecule has 2 aromatic rings. The summed E-state index contributed by atoms with van der Waals surface area (Å²) in [7, 11) is 1.56. The molecule has 0 bridgehead atoms. The summed E-state index contributed by atoms with van der Waals surface area (Å²) < 4.78 is 11.7. The zero-order valence-corrected chi connectivity index (χ0v) is 11.1. The van der Waals surface area contributed by atoms with Crippen molar-refractivity contribution in [1.29, 1.82) is 0 Å². The van der Waals surface area contributed by atoms with E-state index in [1.165, 1.54) is 4.68 Å². The second-order valence-electron chi connectivity index (χ2n) is 3.83. The van der Waals surface area contributed by atoms with Crippen molar-refractivity contribution in [2.45, 2.75) is 13.8 Å². The molecule has 6 nitrogen and oxygen atoms in total. The number of methoxy groups -OCH3 is 1. The van der Waals surface area contributed by atoms with Gasteiger partial charge in [0, 0.05) is 0 Å². The zero-order chi connectivity index (χ0) is 13.8. The van der Waals surface area contributed by atoms with Crippen molar-refractivity contribution >= 4 is 5.97 Å². The average Bonchev–Trinajstić information content (AvgIpc) is 2.80. The summed E-state index contributed by atoms with van der Waals surface area (Å²) in [6.07, 6.45) is 0. The van der Waals surface area contributed by atoms with E-state index >= 15 is 0 Å². The lowest BCUT2D eigenvalue weighted by atomic mass is 10.2. The van der Waals surface area contributed by atoms with Crippen LogP contribution in [0.15, 0.2) is 24.3 Å². The van der Waals surface area contributed by atoms with E-state index in [0.717, 1.165) is 0 Å². The van der Waals surface area contributed by atoms with E-state index < -0.39 is 5.97 Å². The van der Waals surface area contributed by atoms with E-state index in [4.69, 9.17) is 9.47 Å². The Bertz CT molecular complexity index is 593. The fourth-order valence-corrected chi connectivity index (χ4v) is 1.76. The molecule has 1 aromatic heterocycles. The lowest BCUT2D eigenvalue weighted by Crippen LogP contribution is -2.13. The van der Waals surface area contributed by atoms with E-state index in [1.54, 1.807) is 33.1 Å². The minimum Gasteiger partial charge on any atom is -0.494 e. The quantitative estimate of drug-likeness (QED) is 0.784. The predicted octanol–water partition coefficient (Wildman–Crippen LogP) is 1.76. The number of hydrogen-bond acceptors (Lipinski definition) is 5. The van der Waals surface area contributed by atoms with Crippen LogP contribution in [0.25, 0.3) is 5.69 Å². The van der Waals surface area contributed by atoms with Gasteiger partial charge in [-0.1, -0.05) is 17.3 Å². The van der Waals surface area contributed by atoms with Gasteiger partial charge in [-0.2, -0.15) is 0 Å². The minimum atomic E-state index is -0.448. The van der Waals surface area contributed by atoms with E-state index in [0.29, 0.717) is 29.4 Å². The predicted molar refractivity (Wildman–Crippen MR) is 68.6 cm³/mol. The maximum atomic E-state index is 12.0. The van der Waals surface area contributed by atoms with Gasteiger partial charge in [-0.15, -0.1) is 5.10 Å². The molecule has 0 spiro atoms. The molecule has 1 aromatic carbocycles. The van der Waals surface area contributed by atoms with Crippen LogP contribution in [0.1, 0.15) is 23.1 Å². The van der Waals surface area contributed by atoms with Crippen LogP contribution in [0.3, 0.4) is 0 Å². The maximum absolute atomic E-state index is 12.0. The smallest absolute Gasteiger partial charge is 0.359 e. The Hall–Kier alpha value is -2.37. The van der Waals surface area contributed by atoms with Gasteiger partial charge in [0.05, 0.1) is 19.4 Å². The van der Waals surface area contributed by atoms with Crippen molar-refractivity contribution in [3.63, 3.8) is 0 Å². The molecule has 0 saturated carbocycles. The summed E-state index contributed by atoms with van der Waals surface area (Å²) >= 11 is 0. The standard InChI is InChI=1S/C13H15N3O3/c1-4-19-13(17)12-9(2)14-15-16(12)10-7-5-6-8-11(10)18-3/h5-8H,4H2,1-3H3. The molecular formula is C13H15N3O3. The molecule has 0 radical (unpaired) electrons. The van der Waals surface area contributed by atoms with Crippen LogP contribution in [-0.4, -0.2) is 34.7 Å². The van der Waals surface area contributed by atoms with Gasteiger partial charge in [-0.25, -0.2) is 9.48 Å². The van der Waals surface area contributed by atoms with E-state index in [1.807, 2.05) is 12.1 Å². The highest BCUT2D eigenvalue weighted by Gasteiger charge is 2.21. The Morgan fingerprint density at radius 2 is 2.11 bits per heavy atom. The fraction of sp³-hybridized carbons (Fsp3) is 0.308. The van der Waals surface area contributed by atoms with E-state index in [-0.39, 0.29) is 0 Å². The first kappa shape index (κ1) is 13.1. The van der Waals surface area contributed by atoms with Gasteiger partial charge < -0.3 is 9.47 Å². The second-order valence-corrected chi connectivity index (χ2v) is 3.83. The summed E-state index contributed by atoms with van der Waals surface area (Å²) in [6.45, 7) is 3.77. The highest BCUT2D eigenvalue weighted by molar-refractivity contribution is 5.89. The van der Waals surface area contributed by atoms with Crippen molar-refractivity contribution in [2.24, 2.45) is 0 Å². The number of esters is 1. The van der Waals surface area contributed by atoms with E-state index in [2.05, 4.69) is 10.3 Å². The minimum absolute atomic E-state index is 0.301. The summed E-state index contributed by atoms with van der Waals surface area (Å²) in [5, 5.41) is 7.91. The molecule has 0 unspecified atom stereocenters. The Labute approximate surface area is 110 Å². The van der Waals surface area contributed by atoms with Gasteiger partial charge in [-0.05, 0) is 26.0 Å². The van der Waals surface area contributed by atoms with Gasteiger partial charge in [-0.3, -0.25) is 0 Å².